The molecule has 0 saturated carbocycles. The quantitative estimate of drug-likeness (QED) is 0.405. The summed E-state index contributed by atoms with van der Waals surface area (Å²) in [6, 6.07) is 16.6. The van der Waals surface area contributed by atoms with Gasteiger partial charge in [0.25, 0.3) is 5.91 Å². The molecule has 1 aliphatic carbocycles. The fourth-order valence-corrected chi connectivity index (χ4v) is 6.15. The summed E-state index contributed by atoms with van der Waals surface area (Å²) in [7, 11) is 1.69. The van der Waals surface area contributed by atoms with Gasteiger partial charge in [-0.25, -0.2) is 15.0 Å². The van der Waals surface area contributed by atoms with Gasteiger partial charge >= 0.3 is 0 Å². The van der Waals surface area contributed by atoms with Crippen molar-refractivity contribution in [2.24, 2.45) is 16.1 Å². The molecule has 190 valence electrons. The van der Waals surface area contributed by atoms with Crippen molar-refractivity contribution in [2.75, 3.05) is 7.05 Å². The maximum absolute atomic E-state index is 13.8. The number of hydrogen-bond acceptors (Lipinski definition) is 6. The third-order valence-corrected chi connectivity index (χ3v) is 7.89. The molecule has 0 radical (unpaired) electrons. The molecular formula is C30H27ClN6O. The van der Waals surface area contributed by atoms with Crippen LogP contribution in [0.3, 0.4) is 0 Å². The van der Waals surface area contributed by atoms with Crippen LogP contribution in [0.15, 0.2) is 84.6 Å². The van der Waals surface area contributed by atoms with E-state index >= 15 is 0 Å². The average molecular weight is 523 g/mol. The number of amides is 1. The number of guanidine groups is 1. The molecule has 0 bridgehead atoms. The highest BCUT2D eigenvalue weighted by Gasteiger charge is 2.55. The minimum atomic E-state index is -1.06. The van der Waals surface area contributed by atoms with Crippen LogP contribution in [0.5, 0.6) is 0 Å². The van der Waals surface area contributed by atoms with Gasteiger partial charge in [-0.15, -0.1) is 0 Å². The number of nitrogens with two attached hydrogens (primary N) is 1. The van der Waals surface area contributed by atoms with Gasteiger partial charge in [-0.05, 0) is 64.6 Å². The molecule has 2 aromatic carbocycles. The predicted molar refractivity (Wildman–Crippen MR) is 148 cm³/mol. The van der Waals surface area contributed by atoms with E-state index in [1.807, 2.05) is 18.5 Å². The molecule has 2 aliphatic rings. The zero-order valence-electron chi connectivity index (χ0n) is 21.2. The van der Waals surface area contributed by atoms with Gasteiger partial charge < -0.3 is 5.73 Å². The summed E-state index contributed by atoms with van der Waals surface area (Å²) in [6.07, 6.45) is 10.7. The van der Waals surface area contributed by atoms with Gasteiger partial charge in [0.1, 0.15) is 6.33 Å². The monoisotopic (exact) mass is 522 g/mol. The summed E-state index contributed by atoms with van der Waals surface area (Å²) in [5.41, 5.74) is 12.0. The lowest BCUT2D eigenvalue weighted by molar-refractivity contribution is -0.132. The fourth-order valence-electron chi connectivity index (χ4n) is 5.97. The maximum Gasteiger partial charge on any atom is 0.261 e. The Morgan fingerprint density at radius 3 is 2.32 bits per heavy atom. The van der Waals surface area contributed by atoms with Crippen LogP contribution < -0.4 is 5.73 Å². The minimum absolute atomic E-state index is 0.0945. The number of fused-ring (bicyclic) bond motifs is 2. The molecule has 1 spiro atoms. The maximum atomic E-state index is 13.8. The molecule has 38 heavy (non-hydrogen) atoms. The number of likely N-dealkylation sites (N-methyl/N-ethyl adjacent to an activating group) is 1. The van der Waals surface area contributed by atoms with E-state index in [1.54, 1.807) is 19.4 Å². The van der Waals surface area contributed by atoms with Crippen LogP contribution in [0, 0.1) is 5.41 Å². The van der Waals surface area contributed by atoms with Crippen LogP contribution in [-0.2, 0) is 23.2 Å². The third kappa shape index (κ3) is 4.13. The normalized spacial score (nSPS) is 22.4. The first-order valence-corrected chi connectivity index (χ1v) is 12.9. The summed E-state index contributed by atoms with van der Waals surface area (Å²) in [5, 5.41) is 0.562. The number of aromatic nitrogens is 3. The number of hydrogen-bond donors (Lipinski definition) is 1. The Morgan fingerprint density at radius 1 is 0.921 bits per heavy atom. The Labute approximate surface area is 226 Å². The Kier molecular flexibility index (Phi) is 5.76. The Balaban J connectivity index is 1.38. The van der Waals surface area contributed by atoms with Gasteiger partial charge in [0.15, 0.2) is 11.5 Å². The number of halogens is 1. The first kappa shape index (κ1) is 24.2. The zero-order valence-corrected chi connectivity index (χ0v) is 22.0. The molecule has 2 aromatic heterocycles. The molecule has 7 nitrogen and oxygen atoms in total. The molecule has 0 fully saturated rings. The zero-order chi connectivity index (χ0) is 26.5. The molecule has 2 N–H and O–H groups in total. The van der Waals surface area contributed by atoms with Gasteiger partial charge in [0, 0.05) is 43.0 Å². The fraction of sp³-hybridized carbons (Fsp3) is 0.233. The molecule has 0 unspecified atom stereocenters. The van der Waals surface area contributed by atoms with E-state index in [0.29, 0.717) is 11.4 Å². The molecular weight excluding hydrogens is 496 g/mol. The smallest absolute Gasteiger partial charge is 0.261 e. The lowest BCUT2D eigenvalue weighted by atomic mass is 9.62. The average Bonchev–Trinajstić information content (AvgIpc) is 3.12. The molecule has 1 aliphatic heterocycles. The van der Waals surface area contributed by atoms with Gasteiger partial charge in [0.05, 0.1) is 5.02 Å². The molecule has 8 heteroatoms. The standard InChI is InChI=1S/C30H27ClN6O/c1-29(11-19-3-5-20(6-4-19)24-14-34-18-35-15-24)12-22-8-7-21(23-9-25(31)16-33-13-23)10-26(22)30(17-29)27(38)37(2)28(32)36-30/h3-10,13-16,18H,11-12,17H2,1-2H3,(H2,32,36)/t29-,30+/m0/s1. The van der Waals surface area contributed by atoms with E-state index in [1.165, 1.54) is 16.8 Å². The van der Waals surface area contributed by atoms with Crippen molar-refractivity contribution < 1.29 is 4.79 Å². The number of pyridine rings is 1. The highest BCUT2D eigenvalue weighted by atomic mass is 35.5. The second-order valence-electron chi connectivity index (χ2n) is 10.6. The molecule has 4 aromatic rings. The largest absolute Gasteiger partial charge is 0.369 e. The minimum Gasteiger partial charge on any atom is -0.369 e. The number of benzene rings is 2. The van der Waals surface area contributed by atoms with Crippen LogP contribution in [0.1, 0.15) is 30.0 Å². The highest BCUT2D eigenvalue weighted by molar-refractivity contribution is 6.30. The summed E-state index contributed by atoms with van der Waals surface area (Å²) < 4.78 is 0. The van der Waals surface area contributed by atoms with Crippen molar-refractivity contribution in [1.82, 2.24) is 19.9 Å². The van der Waals surface area contributed by atoms with Crippen molar-refractivity contribution in [3.05, 3.63) is 101 Å². The van der Waals surface area contributed by atoms with Crippen LogP contribution in [-0.4, -0.2) is 38.8 Å². The summed E-state index contributed by atoms with van der Waals surface area (Å²) in [4.78, 5) is 32.6. The number of rotatable bonds is 4. The number of aliphatic imine (C=N–C) groups is 1. The van der Waals surface area contributed by atoms with Crippen LogP contribution in [0.2, 0.25) is 5.02 Å². The lowest BCUT2D eigenvalue weighted by Crippen LogP contribution is -2.47. The SMILES string of the molecule is CN1C(=O)[C@]2(C[C@@](C)(Cc3ccc(-c4cncnc4)cc3)Cc3ccc(-c4cncc(Cl)c4)cc32)N=C1N. The summed E-state index contributed by atoms with van der Waals surface area (Å²) >= 11 is 6.21. The van der Waals surface area contributed by atoms with E-state index in [-0.39, 0.29) is 17.3 Å². The van der Waals surface area contributed by atoms with E-state index in [2.05, 4.69) is 64.3 Å². The predicted octanol–water partition coefficient (Wildman–Crippen LogP) is 5.04. The van der Waals surface area contributed by atoms with Crippen molar-refractivity contribution in [2.45, 2.75) is 31.7 Å². The van der Waals surface area contributed by atoms with Gasteiger partial charge in [-0.1, -0.05) is 54.9 Å². The van der Waals surface area contributed by atoms with Crippen LogP contribution in [0.25, 0.3) is 22.3 Å². The van der Waals surface area contributed by atoms with E-state index in [9.17, 15) is 4.79 Å². The third-order valence-electron chi connectivity index (χ3n) is 7.68. The van der Waals surface area contributed by atoms with Crippen molar-refractivity contribution >= 4 is 23.5 Å². The van der Waals surface area contributed by atoms with Gasteiger partial charge in [-0.3, -0.25) is 14.7 Å². The van der Waals surface area contributed by atoms with Crippen LogP contribution >= 0.6 is 11.6 Å². The van der Waals surface area contributed by atoms with E-state index in [4.69, 9.17) is 22.3 Å². The van der Waals surface area contributed by atoms with E-state index in [0.717, 1.165) is 46.2 Å². The number of nitrogens with zero attached hydrogens (tertiary/aromatic N) is 5. The van der Waals surface area contributed by atoms with Crippen molar-refractivity contribution in [1.29, 1.82) is 0 Å². The molecule has 0 saturated heterocycles. The molecule has 6 rings (SSSR count). The van der Waals surface area contributed by atoms with Crippen LogP contribution in [0.4, 0.5) is 0 Å². The summed E-state index contributed by atoms with van der Waals surface area (Å²) in [5.74, 6) is 0.150. The Hall–Kier alpha value is -4.10. The van der Waals surface area contributed by atoms with Gasteiger partial charge in [0.2, 0.25) is 0 Å². The second kappa shape index (κ2) is 9.03. The number of carbonyl (C=O) groups excluding carboxylic acids is 1. The lowest BCUT2D eigenvalue weighted by Gasteiger charge is -2.43. The second-order valence-corrected chi connectivity index (χ2v) is 11.1. The Bertz CT molecular complexity index is 1570. The number of carbonyl (C=O) groups is 1. The van der Waals surface area contributed by atoms with Gasteiger partial charge in [-0.2, -0.15) is 0 Å². The van der Waals surface area contributed by atoms with E-state index < -0.39 is 5.54 Å². The summed E-state index contributed by atoms with van der Waals surface area (Å²) in [6.45, 7) is 2.24. The molecule has 3 heterocycles. The first-order chi connectivity index (χ1) is 18.3. The Morgan fingerprint density at radius 2 is 1.63 bits per heavy atom. The molecule has 2 atom stereocenters. The molecule has 1 amide bonds. The van der Waals surface area contributed by atoms with Crippen molar-refractivity contribution in [3.8, 4) is 22.3 Å². The van der Waals surface area contributed by atoms with Crippen molar-refractivity contribution in [3.63, 3.8) is 0 Å². The first-order valence-electron chi connectivity index (χ1n) is 12.5. The highest BCUT2D eigenvalue weighted by Crippen LogP contribution is 2.51. The topological polar surface area (TPSA) is 97.4 Å².